The van der Waals surface area contributed by atoms with Gasteiger partial charge in [0.1, 0.15) is 5.75 Å². The van der Waals surface area contributed by atoms with E-state index in [9.17, 15) is 9.90 Å². The van der Waals surface area contributed by atoms with Gasteiger partial charge in [-0.2, -0.15) is 0 Å². The minimum atomic E-state index is -0.0630. The number of aromatic hydroxyl groups is 1. The number of benzene rings is 2. The zero-order valence-corrected chi connectivity index (χ0v) is 16.3. The molecule has 2 rings (SSSR count). The van der Waals surface area contributed by atoms with Crippen LogP contribution in [0.15, 0.2) is 72.8 Å². The molecule has 0 unspecified atom stereocenters. The molecule has 27 heavy (non-hydrogen) atoms. The van der Waals surface area contributed by atoms with Gasteiger partial charge in [0.05, 0.1) is 0 Å². The predicted octanol–water partition coefficient (Wildman–Crippen LogP) is 6.31. The van der Waals surface area contributed by atoms with Gasteiger partial charge in [0.15, 0.2) is 5.78 Å². The van der Waals surface area contributed by atoms with Crippen molar-refractivity contribution in [1.29, 1.82) is 0 Å². The normalized spacial score (nSPS) is 10.9. The molecule has 0 aromatic heterocycles. The number of phenols is 1. The van der Waals surface area contributed by atoms with E-state index in [4.69, 9.17) is 0 Å². The van der Waals surface area contributed by atoms with Gasteiger partial charge in [-0.05, 0) is 74.4 Å². The van der Waals surface area contributed by atoms with Crippen LogP contribution in [-0.2, 0) is 12.8 Å². The molecule has 140 valence electrons. The second-order valence-electron chi connectivity index (χ2n) is 7.17. The predicted molar refractivity (Wildman–Crippen MR) is 114 cm³/mol. The highest BCUT2D eigenvalue weighted by Crippen LogP contribution is 2.29. The lowest BCUT2D eigenvalue weighted by Crippen LogP contribution is -2.01. The fraction of sp³-hybridized carbons (Fsp3) is 0.240. The van der Waals surface area contributed by atoms with E-state index in [1.807, 2.05) is 50.3 Å². The van der Waals surface area contributed by atoms with Crippen LogP contribution in [0.25, 0.3) is 6.08 Å². The number of hydrogen-bond acceptors (Lipinski definition) is 2. The summed E-state index contributed by atoms with van der Waals surface area (Å²) in [7, 11) is 0. The van der Waals surface area contributed by atoms with Crippen molar-refractivity contribution in [2.45, 2.75) is 39.5 Å². The summed E-state index contributed by atoms with van der Waals surface area (Å²) in [5, 5.41) is 10.6. The first-order valence-corrected chi connectivity index (χ1v) is 9.28. The van der Waals surface area contributed by atoms with Crippen molar-refractivity contribution in [2.75, 3.05) is 0 Å². The Morgan fingerprint density at radius 2 is 1.48 bits per heavy atom. The molecule has 0 aliphatic carbocycles. The summed E-state index contributed by atoms with van der Waals surface area (Å²) in [5.74, 6) is 0.230. The molecule has 2 heteroatoms. The summed E-state index contributed by atoms with van der Waals surface area (Å²) in [6, 6.07) is 13.3. The van der Waals surface area contributed by atoms with Crippen LogP contribution in [0.3, 0.4) is 0 Å². The Bertz CT molecular complexity index is 818. The lowest BCUT2D eigenvalue weighted by atomic mass is 9.94. The summed E-state index contributed by atoms with van der Waals surface area (Å²) < 4.78 is 0. The number of aryl methyl sites for hydroxylation is 2. The van der Waals surface area contributed by atoms with E-state index in [0.717, 1.165) is 40.7 Å². The third kappa shape index (κ3) is 6.41. The van der Waals surface area contributed by atoms with Gasteiger partial charge in [0.25, 0.3) is 0 Å². The van der Waals surface area contributed by atoms with Crippen LogP contribution in [0.4, 0.5) is 0 Å². The lowest BCUT2D eigenvalue weighted by molar-refractivity contribution is 0.104. The molecule has 1 N–H and O–H groups in total. The minimum Gasteiger partial charge on any atom is -0.507 e. The number of carbonyl (C=O) groups excluding carboxylic acids is 1. The topological polar surface area (TPSA) is 37.3 Å². The van der Waals surface area contributed by atoms with Crippen molar-refractivity contribution in [1.82, 2.24) is 0 Å². The average molecular weight is 360 g/mol. The van der Waals surface area contributed by atoms with E-state index in [-0.39, 0.29) is 5.78 Å². The van der Waals surface area contributed by atoms with Gasteiger partial charge in [-0.25, -0.2) is 0 Å². The maximum Gasteiger partial charge on any atom is 0.185 e. The maximum atomic E-state index is 12.7. The quantitative estimate of drug-likeness (QED) is 0.323. The summed E-state index contributed by atoms with van der Waals surface area (Å²) in [6.45, 7) is 11.8. The molecule has 0 saturated carbocycles. The van der Waals surface area contributed by atoms with Crippen molar-refractivity contribution < 1.29 is 9.90 Å². The molecular formula is C25H28O2. The van der Waals surface area contributed by atoms with Crippen LogP contribution in [0, 0.1) is 0 Å². The zero-order valence-electron chi connectivity index (χ0n) is 16.3. The summed E-state index contributed by atoms with van der Waals surface area (Å²) in [5.41, 5.74) is 5.29. The number of allylic oxidation sites excluding steroid dienone is 3. The van der Waals surface area contributed by atoms with Gasteiger partial charge in [0.2, 0.25) is 0 Å². The second kappa shape index (κ2) is 9.72. The monoisotopic (exact) mass is 360 g/mol. The molecule has 0 radical (unpaired) electrons. The molecular weight excluding hydrogens is 332 g/mol. The summed E-state index contributed by atoms with van der Waals surface area (Å²) in [4.78, 5) is 12.7. The van der Waals surface area contributed by atoms with E-state index in [1.54, 1.807) is 18.2 Å². The first-order chi connectivity index (χ1) is 12.9. The molecule has 0 saturated heterocycles. The number of carbonyl (C=O) groups is 1. The van der Waals surface area contributed by atoms with Gasteiger partial charge in [-0.15, -0.1) is 13.2 Å². The molecule has 2 aromatic rings. The number of phenolic OH excluding ortho intramolecular Hbond substituents is 1. The van der Waals surface area contributed by atoms with E-state index < -0.39 is 0 Å². The SMILES string of the molecule is C=C(C)CCc1cc(C(=O)/C=C/c2ccccc2)cc(CCC(=C)C)c1O. The van der Waals surface area contributed by atoms with Crippen molar-refractivity contribution in [3.05, 3.63) is 95.1 Å². The van der Waals surface area contributed by atoms with Crippen LogP contribution in [-0.4, -0.2) is 10.9 Å². The number of ketones is 1. The smallest absolute Gasteiger partial charge is 0.185 e. The Morgan fingerprint density at radius 3 is 1.96 bits per heavy atom. The van der Waals surface area contributed by atoms with Gasteiger partial charge in [-0.1, -0.05) is 47.6 Å². The largest absolute Gasteiger partial charge is 0.507 e. The highest BCUT2D eigenvalue weighted by atomic mass is 16.3. The van der Waals surface area contributed by atoms with Crippen molar-refractivity contribution in [3.63, 3.8) is 0 Å². The molecule has 0 fully saturated rings. The fourth-order valence-corrected chi connectivity index (χ4v) is 2.81. The van der Waals surface area contributed by atoms with Gasteiger partial charge >= 0.3 is 0 Å². The first kappa shape index (κ1) is 20.4. The van der Waals surface area contributed by atoms with E-state index >= 15 is 0 Å². The van der Waals surface area contributed by atoms with E-state index in [1.165, 1.54) is 0 Å². The van der Waals surface area contributed by atoms with Crippen molar-refractivity contribution in [3.8, 4) is 5.75 Å². The summed E-state index contributed by atoms with van der Waals surface area (Å²) >= 11 is 0. The number of hydrogen-bond donors (Lipinski definition) is 1. The average Bonchev–Trinajstić information content (AvgIpc) is 2.64. The molecule has 0 amide bonds. The van der Waals surface area contributed by atoms with Crippen LogP contribution in [0.5, 0.6) is 5.75 Å². The Morgan fingerprint density at radius 1 is 0.963 bits per heavy atom. The first-order valence-electron chi connectivity index (χ1n) is 9.28. The molecule has 0 spiro atoms. The Hall–Kier alpha value is -2.87. The van der Waals surface area contributed by atoms with Gasteiger partial charge in [-0.3, -0.25) is 4.79 Å². The molecule has 2 nitrogen and oxygen atoms in total. The third-order valence-electron chi connectivity index (χ3n) is 4.42. The van der Waals surface area contributed by atoms with Crippen LogP contribution < -0.4 is 0 Å². The van der Waals surface area contributed by atoms with Gasteiger partial charge in [0, 0.05) is 5.56 Å². The fourth-order valence-electron chi connectivity index (χ4n) is 2.81. The highest BCUT2D eigenvalue weighted by molar-refractivity contribution is 6.07. The molecule has 0 heterocycles. The minimum absolute atomic E-state index is 0.0630. The standard InChI is InChI=1S/C25H28O2/c1-18(2)10-13-21-16-23(17-22(25(21)27)14-11-19(3)4)24(26)15-12-20-8-6-5-7-9-20/h5-9,12,15-17,27H,1,3,10-11,13-14H2,2,4H3/b15-12+. The second-order valence-corrected chi connectivity index (χ2v) is 7.17. The summed E-state index contributed by atoms with van der Waals surface area (Å²) in [6.07, 6.45) is 6.31. The Kier molecular flexibility index (Phi) is 7.36. The van der Waals surface area contributed by atoms with Gasteiger partial charge < -0.3 is 5.11 Å². The van der Waals surface area contributed by atoms with E-state index in [2.05, 4.69) is 13.2 Å². The van der Waals surface area contributed by atoms with Crippen molar-refractivity contribution >= 4 is 11.9 Å². The van der Waals surface area contributed by atoms with Crippen LogP contribution >= 0.6 is 0 Å². The molecule has 0 aliphatic heterocycles. The molecule has 0 atom stereocenters. The lowest BCUT2D eigenvalue weighted by Gasteiger charge is -2.13. The molecule has 0 bridgehead atoms. The molecule has 0 aliphatic rings. The molecule has 2 aromatic carbocycles. The van der Waals surface area contributed by atoms with Crippen LogP contribution in [0.2, 0.25) is 0 Å². The zero-order chi connectivity index (χ0) is 19.8. The van der Waals surface area contributed by atoms with Crippen molar-refractivity contribution in [2.24, 2.45) is 0 Å². The number of rotatable bonds is 9. The van der Waals surface area contributed by atoms with Crippen LogP contribution in [0.1, 0.15) is 53.7 Å². The Balaban J connectivity index is 2.32. The maximum absolute atomic E-state index is 12.7. The third-order valence-corrected chi connectivity index (χ3v) is 4.42. The van der Waals surface area contributed by atoms with E-state index in [0.29, 0.717) is 24.2 Å². The highest BCUT2D eigenvalue weighted by Gasteiger charge is 2.13. The Labute approximate surface area is 162 Å².